The van der Waals surface area contributed by atoms with Crippen molar-refractivity contribution < 1.29 is 4.79 Å². The van der Waals surface area contributed by atoms with E-state index in [-0.39, 0.29) is 23.7 Å². The summed E-state index contributed by atoms with van der Waals surface area (Å²) >= 11 is 0. The van der Waals surface area contributed by atoms with Crippen LogP contribution in [-0.2, 0) is 5.41 Å². The molecule has 1 saturated heterocycles. The maximum Gasteiger partial charge on any atom is 0.253 e. The molecule has 0 spiro atoms. The lowest BCUT2D eigenvalue weighted by Gasteiger charge is -2.32. The van der Waals surface area contributed by atoms with Gasteiger partial charge < -0.3 is 10.2 Å². The van der Waals surface area contributed by atoms with Crippen LogP contribution in [0.2, 0.25) is 0 Å². The maximum atomic E-state index is 12.4. The molecule has 0 saturated carbocycles. The average molecular weight is 297 g/mol. The Morgan fingerprint density at radius 3 is 2.35 bits per heavy atom. The Morgan fingerprint density at radius 2 is 1.85 bits per heavy atom. The van der Waals surface area contributed by atoms with Crippen LogP contribution in [-0.4, -0.2) is 36.5 Å². The summed E-state index contributed by atoms with van der Waals surface area (Å²) in [4.78, 5) is 14.3. The van der Waals surface area contributed by atoms with E-state index in [9.17, 15) is 4.79 Å². The molecular weight excluding hydrogens is 272 g/mol. The van der Waals surface area contributed by atoms with Crippen molar-refractivity contribution in [3.05, 3.63) is 35.4 Å². The van der Waals surface area contributed by atoms with Gasteiger partial charge in [0.05, 0.1) is 0 Å². The van der Waals surface area contributed by atoms with Crippen molar-refractivity contribution >= 4 is 18.3 Å². The SMILES string of the molecule is C[C@@H]1CN(C(=O)c2ccc(C(C)(C)C)cc2)CCN1.Cl. The fraction of sp³-hybridized carbons (Fsp3) is 0.562. The molecule has 1 amide bonds. The predicted molar refractivity (Wildman–Crippen MR) is 85.8 cm³/mol. The van der Waals surface area contributed by atoms with Crippen molar-refractivity contribution in [1.82, 2.24) is 10.2 Å². The minimum Gasteiger partial charge on any atom is -0.336 e. The van der Waals surface area contributed by atoms with E-state index in [1.807, 2.05) is 17.0 Å². The van der Waals surface area contributed by atoms with Gasteiger partial charge in [-0.25, -0.2) is 0 Å². The predicted octanol–water partition coefficient (Wildman–Crippen LogP) is 2.84. The van der Waals surface area contributed by atoms with E-state index >= 15 is 0 Å². The Morgan fingerprint density at radius 1 is 1.25 bits per heavy atom. The molecule has 1 N–H and O–H groups in total. The molecule has 20 heavy (non-hydrogen) atoms. The average Bonchev–Trinajstić information content (AvgIpc) is 2.37. The second kappa shape index (κ2) is 6.59. The van der Waals surface area contributed by atoms with Crippen LogP contribution in [0.4, 0.5) is 0 Å². The molecule has 0 aliphatic carbocycles. The molecule has 1 atom stereocenters. The molecule has 1 aliphatic rings. The number of halogens is 1. The molecule has 112 valence electrons. The van der Waals surface area contributed by atoms with Crippen molar-refractivity contribution in [2.24, 2.45) is 0 Å². The Kier molecular flexibility index (Phi) is 5.60. The monoisotopic (exact) mass is 296 g/mol. The highest BCUT2D eigenvalue weighted by molar-refractivity contribution is 5.94. The zero-order chi connectivity index (χ0) is 14.0. The van der Waals surface area contributed by atoms with E-state index in [1.165, 1.54) is 5.56 Å². The lowest BCUT2D eigenvalue weighted by atomic mass is 9.86. The summed E-state index contributed by atoms with van der Waals surface area (Å²) in [5.41, 5.74) is 2.19. The number of nitrogens with zero attached hydrogens (tertiary/aromatic N) is 1. The first-order valence-corrected chi connectivity index (χ1v) is 7.01. The van der Waals surface area contributed by atoms with Crippen molar-refractivity contribution in [1.29, 1.82) is 0 Å². The third-order valence-corrected chi connectivity index (χ3v) is 3.65. The van der Waals surface area contributed by atoms with Crippen LogP contribution in [0.25, 0.3) is 0 Å². The number of hydrogen-bond donors (Lipinski definition) is 1. The van der Waals surface area contributed by atoms with Crippen molar-refractivity contribution in [2.75, 3.05) is 19.6 Å². The second-order valence-electron chi connectivity index (χ2n) is 6.43. The van der Waals surface area contributed by atoms with Gasteiger partial charge in [-0.15, -0.1) is 12.4 Å². The molecule has 1 heterocycles. The van der Waals surface area contributed by atoms with E-state index < -0.39 is 0 Å². The Balaban J connectivity index is 0.00000200. The van der Waals surface area contributed by atoms with E-state index in [2.05, 4.69) is 45.1 Å². The highest BCUT2D eigenvalue weighted by Gasteiger charge is 2.22. The molecule has 1 aliphatic heterocycles. The molecule has 0 unspecified atom stereocenters. The molecule has 3 nitrogen and oxygen atoms in total. The number of benzene rings is 1. The van der Waals surface area contributed by atoms with Crippen molar-refractivity contribution in [2.45, 2.75) is 39.2 Å². The van der Waals surface area contributed by atoms with Crippen molar-refractivity contribution in [3.63, 3.8) is 0 Å². The van der Waals surface area contributed by atoms with Gasteiger partial charge in [-0.2, -0.15) is 0 Å². The number of nitrogens with one attached hydrogen (secondary N) is 1. The number of amides is 1. The Hall–Kier alpha value is -1.06. The molecule has 1 fully saturated rings. The fourth-order valence-corrected chi connectivity index (χ4v) is 2.41. The summed E-state index contributed by atoms with van der Waals surface area (Å²) in [6.45, 7) is 11.1. The number of carbonyl (C=O) groups is 1. The molecule has 1 aromatic rings. The van der Waals surface area contributed by atoms with Crippen LogP contribution in [0.1, 0.15) is 43.6 Å². The van der Waals surface area contributed by atoms with Crippen LogP contribution in [0.15, 0.2) is 24.3 Å². The first-order chi connectivity index (χ1) is 8.88. The van der Waals surface area contributed by atoms with Crippen LogP contribution in [0, 0.1) is 0 Å². The van der Waals surface area contributed by atoms with Crippen LogP contribution < -0.4 is 5.32 Å². The quantitative estimate of drug-likeness (QED) is 0.864. The Labute approximate surface area is 128 Å². The van der Waals surface area contributed by atoms with Gasteiger partial charge in [0.15, 0.2) is 0 Å². The van der Waals surface area contributed by atoms with Crippen LogP contribution in [0.5, 0.6) is 0 Å². The standard InChI is InChI=1S/C16H24N2O.ClH/c1-12-11-18(10-9-17-12)15(19)13-5-7-14(8-6-13)16(2,3)4;/h5-8,12,17H,9-11H2,1-4H3;1H/t12-;/m1./s1. The van der Waals surface area contributed by atoms with Gasteiger partial charge in [0, 0.05) is 31.2 Å². The van der Waals surface area contributed by atoms with Gasteiger partial charge in [0.1, 0.15) is 0 Å². The smallest absolute Gasteiger partial charge is 0.253 e. The van der Waals surface area contributed by atoms with Gasteiger partial charge in [-0.1, -0.05) is 32.9 Å². The number of rotatable bonds is 1. The van der Waals surface area contributed by atoms with Gasteiger partial charge in [0.25, 0.3) is 5.91 Å². The molecule has 0 radical (unpaired) electrons. The third kappa shape index (κ3) is 3.97. The van der Waals surface area contributed by atoms with Gasteiger partial charge in [-0.05, 0) is 30.0 Å². The molecular formula is C16H25ClN2O. The molecule has 4 heteroatoms. The first kappa shape index (κ1) is 17.0. The van der Waals surface area contributed by atoms with E-state index in [4.69, 9.17) is 0 Å². The van der Waals surface area contributed by atoms with Crippen LogP contribution >= 0.6 is 12.4 Å². The summed E-state index contributed by atoms with van der Waals surface area (Å²) in [6.07, 6.45) is 0. The number of carbonyl (C=O) groups excluding carboxylic acids is 1. The lowest BCUT2D eigenvalue weighted by molar-refractivity contribution is 0.0709. The molecule has 2 rings (SSSR count). The fourth-order valence-electron chi connectivity index (χ4n) is 2.41. The largest absolute Gasteiger partial charge is 0.336 e. The highest BCUT2D eigenvalue weighted by atomic mass is 35.5. The van der Waals surface area contributed by atoms with Gasteiger partial charge >= 0.3 is 0 Å². The zero-order valence-corrected chi connectivity index (χ0v) is 13.6. The van der Waals surface area contributed by atoms with Gasteiger partial charge in [0.2, 0.25) is 0 Å². The second-order valence-corrected chi connectivity index (χ2v) is 6.43. The molecule has 0 bridgehead atoms. The highest BCUT2D eigenvalue weighted by Crippen LogP contribution is 2.22. The zero-order valence-electron chi connectivity index (χ0n) is 12.8. The molecule has 0 aromatic heterocycles. The first-order valence-electron chi connectivity index (χ1n) is 7.01. The molecule has 1 aromatic carbocycles. The summed E-state index contributed by atoms with van der Waals surface area (Å²) in [5.74, 6) is 0.147. The summed E-state index contributed by atoms with van der Waals surface area (Å²) in [7, 11) is 0. The summed E-state index contributed by atoms with van der Waals surface area (Å²) in [6, 6.07) is 8.43. The summed E-state index contributed by atoms with van der Waals surface area (Å²) in [5, 5.41) is 3.35. The van der Waals surface area contributed by atoms with E-state index in [0.29, 0.717) is 6.04 Å². The minimum absolute atomic E-state index is 0. The normalized spacial score (nSPS) is 19.4. The Bertz CT molecular complexity index is 451. The third-order valence-electron chi connectivity index (χ3n) is 3.65. The lowest BCUT2D eigenvalue weighted by Crippen LogP contribution is -2.51. The number of hydrogen-bond acceptors (Lipinski definition) is 2. The van der Waals surface area contributed by atoms with E-state index in [1.54, 1.807) is 0 Å². The topological polar surface area (TPSA) is 32.3 Å². The summed E-state index contributed by atoms with van der Waals surface area (Å²) < 4.78 is 0. The maximum absolute atomic E-state index is 12.4. The minimum atomic E-state index is 0. The number of piperazine rings is 1. The van der Waals surface area contributed by atoms with Gasteiger partial charge in [-0.3, -0.25) is 4.79 Å². The van der Waals surface area contributed by atoms with Crippen molar-refractivity contribution in [3.8, 4) is 0 Å². The van der Waals surface area contributed by atoms with E-state index in [0.717, 1.165) is 25.2 Å². The van der Waals surface area contributed by atoms with Crippen LogP contribution in [0.3, 0.4) is 0 Å².